The Balaban J connectivity index is 1.33. The number of hydrogen-bond donors (Lipinski definition) is 0. The Morgan fingerprint density at radius 1 is 1.11 bits per heavy atom. The molecule has 0 N–H and O–H groups in total. The first kappa shape index (κ1) is 18.3. The van der Waals surface area contributed by atoms with Gasteiger partial charge in [-0.2, -0.15) is 4.98 Å². The summed E-state index contributed by atoms with van der Waals surface area (Å²) >= 11 is 1.56. The number of hydrogen-bond acceptors (Lipinski definition) is 7. The fourth-order valence-electron chi connectivity index (χ4n) is 2.68. The van der Waals surface area contributed by atoms with Gasteiger partial charge in [0, 0.05) is 37.2 Å². The van der Waals surface area contributed by atoms with Crippen molar-refractivity contribution >= 4 is 11.8 Å². The van der Waals surface area contributed by atoms with E-state index in [1.54, 1.807) is 46.9 Å². The van der Waals surface area contributed by atoms with E-state index in [4.69, 9.17) is 4.52 Å². The third-order valence-electron chi connectivity index (χ3n) is 4.12. The lowest BCUT2D eigenvalue weighted by atomic mass is 10.2. The highest BCUT2D eigenvalue weighted by molar-refractivity contribution is 7.99. The molecule has 9 heteroatoms. The van der Waals surface area contributed by atoms with Crippen LogP contribution in [0.2, 0.25) is 0 Å². The topological polar surface area (TPSA) is 82.5 Å². The average molecular weight is 396 g/mol. The summed E-state index contributed by atoms with van der Waals surface area (Å²) in [5.41, 5.74) is 1.32. The summed E-state index contributed by atoms with van der Waals surface area (Å²) in [6, 6.07) is 10.2. The summed E-state index contributed by atoms with van der Waals surface area (Å²) < 4.78 is 21.1. The van der Waals surface area contributed by atoms with Crippen molar-refractivity contribution in [1.82, 2.24) is 29.9 Å². The number of rotatable bonds is 7. The van der Waals surface area contributed by atoms with Crippen LogP contribution in [0.25, 0.3) is 22.8 Å². The van der Waals surface area contributed by atoms with Gasteiger partial charge in [-0.05, 0) is 30.7 Å². The van der Waals surface area contributed by atoms with Crippen LogP contribution >= 0.6 is 11.8 Å². The Hall–Kier alpha value is -3.07. The number of nitrogens with zero attached hydrogens (tertiary/aromatic N) is 6. The van der Waals surface area contributed by atoms with Crippen LogP contribution in [0.15, 0.2) is 58.5 Å². The van der Waals surface area contributed by atoms with Crippen molar-refractivity contribution < 1.29 is 8.91 Å². The second-order valence-corrected chi connectivity index (χ2v) is 7.11. The number of benzene rings is 1. The van der Waals surface area contributed by atoms with E-state index in [1.807, 2.05) is 19.2 Å². The van der Waals surface area contributed by atoms with Crippen LogP contribution in [-0.2, 0) is 13.5 Å². The molecule has 0 aliphatic rings. The molecule has 0 radical (unpaired) electrons. The molecule has 0 saturated heterocycles. The lowest BCUT2D eigenvalue weighted by Gasteiger charge is -2.04. The molecular weight excluding hydrogens is 379 g/mol. The minimum atomic E-state index is -0.309. The Kier molecular flexibility index (Phi) is 5.43. The van der Waals surface area contributed by atoms with Gasteiger partial charge in [-0.15, -0.1) is 10.2 Å². The standard InChI is InChI=1S/C19H17FN6OS/c1-26-18(14-5-2-3-6-15(14)20)23-24-19(26)28-12-4-7-16-22-17(25-27-16)13-8-10-21-11-9-13/h2-3,5-6,8-11H,4,7,12H2,1H3. The van der Waals surface area contributed by atoms with Crippen LogP contribution in [0.4, 0.5) is 4.39 Å². The van der Waals surface area contributed by atoms with Crippen LogP contribution in [0.5, 0.6) is 0 Å². The maximum atomic E-state index is 14.0. The molecule has 1 aromatic carbocycles. The van der Waals surface area contributed by atoms with Gasteiger partial charge < -0.3 is 9.09 Å². The maximum Gasteiger partial charge on any atom is 0.226 e. The SMILES string of the molecule is Cn1c(SCCCc2nc(-c3ccncc3)no2)nnc1-c1ccccc1F. The molecular formula is C19H17FN6OS. The zero-order valence-electron chi connectivity index (χ0n) is 15.1. The molecule has 0 spiro atoms. The van der Waals surface area contributed by atoms with Gasteiger partial charge in [0.15, 0.2) is 11.0 Å². The minimum absolute atomic E-state index is 0.309. The summed E-state index contributed by atoms with van der Waals surface area (Å²) in [5, 5.41) is 13.0. The summed E-state index contributed by atoms with van der Waals surface area (Å²) in [6.07, 6.45) is 4.89. The number of aryl methyl sites for hydroxylation is 1. The van der Waals surface area contributed by atoms with Gasteiger partial charge >= 0.3 is 0 Å². The van der Waals surface area contributed by atoms with E-state index in [-0.39, 0.29) is 5.82 Å². The number of halogens is 1. The highest BCUT2D eigenvalue weighted by Crippen LogP contribution is 2.25. The lowest BCUT2D eigenvalue weighted by Crippen LogP contribution is -1.97. The van der Waals surface area contributed by atoms with E-state index in [0.717, 1.165) is 22.9 Å². The van der Waals surface area contributed by atoms with E-state index in [9.17, 15) is 4.39 Å². The van der Waals surface area contributed by atoms with Crippen molar-refractivity contribution in [1.29, 1.82) is 0 Å². The van der Waals surface area contributed by atoms with Crippen molar-refractivity contribution in [2.24, 2.45) is 7.05 Å². The van der Waals surface area contributed by atoms with Crippen LogP contribution in [0.1, 0.15) is 12.3 Å². The zero-order valence-corrected chi connectivity index (χ0v) is 15.9. The molecule has 0 atom stereocenters. The van der Waals surface area contributed by atoms with Crippen molar-refractivity contribution in [2.45, 2.75) is 18.0 Å². The molecule has 3 heterocycles. The minimum Gasteiger partial charge on any atom is -0.339 e. The van der Waals surface area contributed by atoms with Gasteiger partial charge in [0.25, 0.3) is 0 Å². The van der Waals surface area contributed by atoms with Gasteiger partial charge in [-0.1, -0.05) is 29.1 Å². The van der Waals surface area contributed by atoms with Crippen molar-refractivity contribution in [3.05, 3.63) is 60.5 Å². The molecule has 0 unspecified atom stereocenters. The third-order valence-corrected chi connectivity index (χ3v) is 5.23. The average Bonchev–Trinajstić information content (AvgIpc) is 3.34. The molecule has 0 fully saturated rings. The largest absolute Gasteiger partial charge is 0.339 e. The second-order valence-electron chi connectivity index (χ2n) is 6.04. The summed E-state index contributed by atoms with van der Waals surface area (Å²) in [6.45, 7) is 0. The summed E-state index contributed by atoms with van der Waals surface area (Å²) in [5.74, 6) is 2.16. The van der Waals surface area contributed by atoms with Gasteiger partial charge in [-0.3, -0.25) is 4.98 Å². The lowest BCUT2D eigenvalue weighted by molar-refractivity contribution is 0.378. The first-order valence-electron chi connectivity index (χ1n) is 8.72. The highest BCUT2D eigenvalue weighted by Gasteiger charge is 2.14. The van der Waals surface area contributed by atoms with Gasteiger partial charge in [0.1, 0.15) is 5.82 Å². The third kappa shape index (κ3) is 3.94. The molecule has 0 amide bonds. The van der Waals surface area contributed by atoms with Crippen LogP contribution < -0.4 is 0 Å². The fourth-order valence-corrected chi connectivity index (χ4v) is 3.53. The van der Waals surface area contributed by atoms with Crippen LogP contribution in [0, 0.1) is 5.82 Å². The van der Waals surface area contributed by atoms with Crippen molar-refractivity contribution in [3.63, 3.8) is 0 Å². The molecule has 4 aromatic rings. The Morgan fingerprint density at radius 3 is 2.75 bits per heavy atom. The normalized spacial score (nSPS) is 11.1. The second kappa shape index (κ2) is 8.30. The van der Waals surface area contributed by atoms with E-state index < -0.39 is 0 Å². The number of aromatic nitrogens is 6. The van der Waals surface area contributed by atoms with E-state index in [1.165, 1.54) is 6.07 Å². The van der Waals surface area contributed by atoms with Gasteiger partial charge in [0.05, 0.1) is 5.56 Å². The van der Waals surface area contributed by atoms with Crippen molar-refractivity contribution in [3.8, 4) is 22.8 Å². The maximum absolute atomic E-state index is 14.0. The summed E-state index contributed by atoms with van der Waals surface area (Å²) in [7, 11) is 1.84. The Labute approximate surface area is 165 Å². The first-order chi connectivity index (χ1) is 13.7. The molecule has 0 aliphatic carbocycles. The number of thioether (sulfide) groups is 1. The van der Waals surface area contributed by atoms with E-state index in [0.29, 0.717) is 29.5 Å². The molecule has 0 saturated carbocycles. The smallest absolute Gasteiger partial charge is 0.226 e. The molecule has 7 nitrogen and oxygen atoms in total. The van der Waals surface area contributed by atoms with Crippen LogP contribution in [-0.4, -0.2) is 35.6 Å². The molecule has 0 bridgehead atoms. The zero-order chi connectivity index (χ0) is 19.3. The molecule has 142 valence electrons. The highest BCUT2D eigenvalue weighted by atomic mass is 32.2. The predicted molar refractivity (Wildman–Crippen MR) is 103 cm³/mol. The first-order valence-corrected chi connectivity index (χ1v) is 9.71. The van der Waals surface area contributed by atoms with E-state index >= 15 is 0 Å². The summed E-state index contributed by atoms with van der Waals surface area (Å²) in [4.78, 5) is 8.38. The van der Waals surface area contributed by atoms with Crippen molar-refractivity contribution in [2.75, 3.05) is 5.75 Å². The van der Waals surface area contributed by atoms with Gasteiger partial charge in [-0.25, -0.2) is 4.39 Å². The quantitative estimate of drug-likeness (QED) is 0.347. The van der Waals surface area contributed by atoms with Crippen LogP contribution in [0.3, 0.4) is 0 Å². The fraction of sp³-hybridized carbons (Fsp3) is 0.211. The van der Waals surface area contributed by atoms with E-state index in [2.05, 4.69) is 25.3 Å². The molecule has 28 heavy (non-hydrogen) atoms. The molecule has 0 aliphatic heterocycles. The Bertz CT molecular complexity index is 1070. The van der Waals surface area contributed by atoms with Gasteiger partial charge in [0.2, 0.25) is 11.7 Å². The molecule has 4 rings (SSSR count). The monoisotopic (exact) mass is 396 g/mol. The molecule has 3 aromatic heterocycles. The Morgan fingerprint density at radius 2 is 1.93 bits per heavy atom. The number of pyridine rings is 1. The predicted octanol–water partition coefficient (Wildman–Crippen LogP) is 3.79.